The van der Waals surface area contributed by atoms with Crippen molar-refractivity contribution in [2.45, 2.75) is 33.6 Å². The number of hydrogen-bond acceptors (Lipinski definition) is 7. The molecule has 3 aromatic rings. The first-order valence-electron chi connectivity index (χ1n) is 9.76. The zero-order valence-electron chi connectivity index (χ0n) is 16.9. The van der Waals surface area contributed by atoms with Gasteiger partial charge in [-0.2, -0.15) is 0 Å². The summed E-state index contributed by atoms with van der Waals surface area (Å²) in [6.07, 6.45) is 4.04. The zero-order chi connectivity index (χ0) is 20.4. The maximum absolute atomic E-state index is 12.7. The number of nitrogens with one attached hydrogen (secondary N) is 1. The van der Waals surface area contributed by atoms with Crippen LogP contribution in [0.5, 0.6) is 0 Å². The van der Waals surface area contributed by atoms with Crippen molar-refractivity contribution in [3.05, 3.63) is 35.5 Å². The van der Waals surface area contributed by atoms with E-state index in [4.69, 9.17) is 4.42 Å². The molecule has 1 aliphatic heterocycles. The second-order valence-corrected chi connectivity index (χ2v) is 9.13. The van der Waals surface area contributed by atoms with Crippen LogP contribution in [0.4, 0.5) is 5.82 Å². The fourth-order valence-corrected chi connectivity index (χ4v) is 4.30. The molecule has 0 spiro atoms. The van der Waals surface area contributed by atoms with Crippen LogP contribution in [0.3, 0.4) is 0 Å². The van der Waals surface area contributed by atoms with Crippen LogP contribution in [-0.4, -0.2) is 45.4 Å². The topological polar surface area (TPSA) is 84.2 Å². The molecule has 0 radical (unpaired) electrons. The maximum atomic E-state index is 12.7. The van der Waals surface area contributed by atoms with Crippen molar-refractivity contribution in [1.29, 1.82) is 0 Å². The van der Waals surface area contributed by atoms with Gasteiger partial charge < -0.3 is 9.73 Å². The predicted molar refractivity (Wildman–Crippen MR) is 114 cm³/mol. The van der Waals surface area contributed by atoms with E-state index in [0.717, 1.165) is 30.3 Å². The average molecular weight is 412 g/mol. The Morgan fingerprint density at radius 3 is 2.90 bits per heavy atom. The SMILES string of the molecule is Cc1ccc(-c2nc(NC(=O)CN3CCCC(C)(C)C3)cc(-c3nccs3)n2)o1. The molecule has 1 amide bonds. The summed E-state index contributed by atoms with van der Waals surface area (Å²) in [6.45, 7) is 8.60. The predicted octanol–water partition coefficient (Wildman–Crippen LogP) is 4.23. The Hall–Kier alpha value is -2.58. The molecule has 1 N–H and O–H groups in total. The van der Waals surface area contributed by atoms with E-state index in [9.17, 15) is 4.79 Å². The molecule has 3 aromatic heterocycles. The minimum absolute atomic E-state index is 0.0759. The third-order valence-corrected chi connectivity index (χ3v) is 5.75. The standard InChI is InChI=1S/C21H25N5O2S/c1-14-5-6-16(28-14)19-23-15(20-22-8-10-29-20)11-17(25-19)24-18(27)12-26-9-4-7-21(2,3)13-26/h5-6,8,10-11H,4,7,9,12-13H2,1-3H3,(H,23,24,25,27). The number of likely N-dealkylation sites (tertiary alicyclic amines) is 1. The van der Waals surface area contributed by atoms with Crippen molar-refractivity contribution in [3.8, 4) is 22.3 Å². The van der Waals surface area contributed by atoms with Crippen LogP contribution in [0, 0.1) is 12.3 Å². The van der Waals surface area contributed by atoms with Crippen molar-refractivity contribution in [2.24, 2.45) is 5.41 Å². The number of aromatic nitrogens is 3. The summed E-state index contributed by atoms with van der Waals surface area (Å²) in [5, 5.41) is 5.60. The summed E-state index contributed by atoms with van der Waals surface area (Å²) in [5.41, 5.74) is 0.906. The van der Waals surface area contributed by atoms with E-state index in [-0.39, 0.29) is 11.3 Å². The third kappa shape index (κ3) is 4.89. The van der Waals surface area contributed by atoms with Crippen LogP contribution in [0.2, 0.25) is 0 Å². The molecular formula is C21H25N5O2S. The van der Waals surface area contributed by atoms with Crippen LogP contribution in [-0.2, 0) is 4.79 Å². The van der Waals surface area contributed by atoms with Crippen molar-refractivity contribution in [2.75, 3.05) is 25.0 Å². The van der Waals surface area contributed by atoms with Gasteiger partial charge in [0.05, 0.1) is 6.54 Å². The number of anilines is 1. The van der Waals surface area contributed by atoms with E-state index in [1.165, 1.54) is 17.8 Å². The van der Waals surface area contributed by atoms with E-state index in [2.05, 4.69) is 39.0 Å². The molecular weight excluding hydrogens is 386 g/mol. The fourth-order valence-electron chi connectivity index (χ4n) is 3.70. The van der Waals surface area contributed by atoms with Gasteiger partial charge in [0.25, 0.3) is 0 Å². The Balaban J connectivity index is 1.56. The molecule has 7 nitrogen and oxygen atoms in total. The van der Waals surface area contributed by atoms with Gasteiger partial charge in [0.2, 0.25) is 5.91 Å². The zero-order valence-corrected chi connectivity index (χ0v) is 17.8. The number of nitrogens with zero attached hydrogens (tertiary/aromatic N) is 4. The number of aryl methyl sites for hydroxylation is 1. The molecule has 0 saturated carbocycles. The lowest BCUT2D eigenvalue weighted by molar-refractivity contribution is -0.118. The van der Waals surface area contributed by atoms with E-state index in [0.29, 0.717) is 29.6 Å². The Bertz CT molecular complexity index is 996. The van der Waals surface area contributed by atoms with Gasteiger partial charge in [-0.05, 0) is 43.9 Å². The van der Waals surface area contributed by atoms with E-state index >= 15 is 0 Å². The minimum atomic E-state index is -0.0759. The first-order valence-corrected chi connectivity index (χ1v) is 10.6. The summed E-state index contributed by atoms with van der Waals surface area (Å²) in [7, 11) is 0. The van der Waals surface area contributed by atoms with Gasteiger partial charge in [0.15, 0.2) is 11.6 Å². The highest BCUT2D eigenvalue weighted by molar-refractivity contribution is 7.13. The Kier molecular flexibility index (Phi) is 5.47. The summed E-state index contributed by atoms with van der Waals surface area (Å²) in [5.74, 6) is 2.15. The lowest BCUT2D eigenvalue weighted by Gasteiger charge is -2.37. The summed E-state index contributed by atoms with van der Waals surface area (Å²) in [4.78, 5) is 28.3. The molecule has 152 valence electrons. The van der Waals surface area contributed by atoms with Crippen LogP contribution < -0.4 is 5.32 Å². The summed E-state index contributed by atoms with van der Waals surface area (Å²) in [6, 6.07) is 5.46. The van der Waals surface area contributed by atoms with Crippen molar-refractivity contribution >= 4 is 23.1 Å². The normalized spacial score (nSPS) is 16.7. The van der Waals surface area contributed by atoms with E-state index in [1.54, 1.807) is 12.3 Å². The second kappa shape index (κ2) is 8.04. The molecule has 1 fully saturated rings. The summed E-state index contributed by atoms with van der Waals surface area (Å²) >= 11 is 1.49. The molecule has 0 aliphatic carbocycles. The number of thiazole rings is 1. The molecule has 4 heterocycles. The Morgan fingerprint density at radius 1 is 1.34 bits per heavy atom. The molecule has 0 atom stereocenters. The fraction of sp³-hybridized carbons (Fsp3) is 0.429. The number of furan rings is 1. The highest BCUT2D eigenvalue weighted by atomic mass is 32.1. The first kappa shape index (κ1) is 19.7. The highest BCUT2D eigenvalue weighted by Crippen LogP contribution is 2.29. The number of rotatable bonds is 5. The van der Waals surface area contributed by atoms with Gasteiger partial charge in [-0.25, -0.2) is 15.0 Å². The van der Waals surface area contributed by atoms with Crippen molar-refractivity contribution < 1.29 is 9.21 Å². The molecule has 0 bridgehead atoms. The number of amides is 1. The third-order valence-electron chi connectivity index (χ3n) is 4.95. The molecule has 0 unspecified atom stereocenters. The quantitative estimate of drug-likeness (QED) is 0.676. The van der Waals surface area contributed by atoms with Gasteiger partial charge in [0, 0.05) is 24.2 Å². The monoisotopic (exact) mass is 411 g/mol. The van der Waals surface area contributed by atoms with Gasteiger partial charge >= 0.3 is 0 Å². The smallest absolute Gasteiger partial charge is 0.239 e. The molecule has 29 heavy (non-hydrogen) atoms. The van der Waals surface area contributed by atoms with Gasteiger partial charge in [-0.15, -0.1) is 11.3 Å². The summed E-state index contributed by atoms with van der Waals surface area (Å²) < 4.78 is 5.68. The minimum Gasteiger partial charge on any atom is -0.458 e. The molecule has 1 saturated heterocycles. The van der Waals surface area contributed by atoms with Crippen molar-refractivity contribution in [3.63, 3.8) is 0 Å². The van der Waals surface area contributed by atoms with Crippen molar-refractivity contribution in [1.82, 2.24) is 19.9 Å². The average Bonchev–Trinajstić information content (AvgIpc) is 3.32. The van der Waals surface area contributed by atoms with Crippen LogP contribution >= 0.6 is 11.3 Å². The van der Waals surface area contributed by atoms with Gasteiger partial charge in [0.1, 0.15) is 22.3 Å². The lowest BCUT2D eigenvalue weighted by Crippen LogP contribution is -2.43. The Labute approximate surface area is 174 Å². The second-order valence-electron chi connectivity index (χ2n) is 8.24. The number of carbonyl (C=O) groups excluding carboxylic acids is 1. The van der Waals surface area contributed by atoms with Crippen LogP contribution in [0.1, 0.15) is 32.4 Å². The van der Waals surface area contributed by atoms with E-state index < -0.39 is 0 Å². The molecule has 8 heteroatoms. The molecule has 0 aromatic carbocycles. The maximum Gasteiger partial charge on any atom is 0.239 e. The van der Waals surface area contributed by atoms with Gasteiger partial charge in [-0.1, -0.05) is 13.8 Å². The molecule has 1 aliphatic rings. The van der Waals surface area contributed by atoms with Crippen LogP contribution in [0.15, 0.2) is 34.2 Å². The first-order chi connectivity index (χ1) is 13.9. The highest BCUT2D eigenvalue weighted by Gasteiger charge is 2.27. The Morgan fingerprint density at radius 2 is 2.21 bits per heavy atom. The number of carbonyl (C=O) groups is 1. The van der Waals surface area contributed by atoms with E-state index in [1.807, 2.05) is 24.4 Å². The number of hydrogen-bond donors (Lipinski definition) is 1. The molecule has 4 rings (SSSR count). The van der Waals surface area contributed by atoms with Crippen LogP contribution in [0.25, 0.3) is 22.3 Å². The van der Waals surface area contributed by atoms with Gasteiger partial charge in [-0.3, -0.25) is 9.69 Å². The largest absolute Gasteiger partial charge is 0.458 e. The number of piperidine rings is 1. The lowest BCUT2D eigenvalue weighted by atomic mass is 9.84.